The highest BCUT2D eigenvalue weighted by Gasteiger charge is 2.47. The number of aliphatic imine (C=N–C) groups is 1. The van der Waals surface area contributed by atoms with Crippen LogP contribution < -0.4 is 20.3 Å². The number of sulfonamides is 1. The van der Waals surface area contributed by atoms with Gasteiger partial charge in [0.15, 0.2) is 0 Å². The van der Waals surface area contributed by atoms with E-state index in [0.717, 1.165) is 22.4 Å². The van der Waals surface area contributed by atoms with Crippen molar-refractivity contribution in [1.29, 1.82) is 0 Å². The average Bonchev–Trinajstić information content (AvgIpc) is 3.40. The number of nitrogens with one attached hydrogen (secondary N) is 2. The number of carbonyl (C=O) groups is 3. The molecular formula is C26H24F3N5O6S. The molecule has 0 bridgehead atoms. The standard InChI is InChI=1S/C26H24F3N5O6S/c1-16-13-19(34-21(35)15-30-24(34)37)6-5-17(16)7-12-41(38,39)33-10-8-25(9-11-33)23(36)31-22(32-25)18-3-2-4-20(14-18)40-26(27,28)29/h2-7,12-14H,8-11,15H2,1H3,(H,30,37)(H,31,32,36). The summed E-state index contributed by atoms with van der Waals surface area (Å²) in [6.45, 7) is 1.63. The van der Waals surface area contributed by atoms with Crippen molar-refractivity contribution in [1.82, 2.24) is 14.9 Å². The molecule has 2 fully saturated rings. The minimum atomic E-state index is -4.87. The first-order valence-electron chi connectivity index (χ1n) is 12.4. The van der Waals surface area contributed by atoms with E-state index in [2.05, 4.69) is 20.4 Å². The quantitative estimate of drug-likeness (QED) is 0.496. The van der Waals surface area contributed by atoms with Gasteiger partial charge in [0.05, 0.1) is 12.2 Å². The van der Waals surface area contributed by atoms with E-state index in [0.29, 0.717) is 16.8 Å². The predicted molar refractivity (Wildman–Crippen MR) is 141 cm³/mol. The second-order valence-electron chi connectivity index (χ2n) is 9.70. The summed E-state index contributed by atoms with van der Waals surface area (Å²) < 4.78 is 69.0. The third kappa shape index (κ3) is 5.81. The number of piperidine rings is 1. The zero-order valence-electron chi connectivity index (χ0n) is 21.6. The van der Waals surface area contributed by atoms with Crippen LogP contribution in [-0.2, 0) is 19.6 Å². The number of anilines is 1. The molecule has 3 aliphatic rings. The topological polar surface area (TPSA) is 137 Å². The first-order chi connectivity index (χ1) is 19.3. The molecule has 0 saturated carbocycles. The van der Waals surface area contributed by atoms with E-state index in [-0.39, 0.29) is 49.8 Å². The van der Waals surface area contributed by atoms with Crippen LogP contribution >= 0.6 is 0 Å². The molecule has 2 N–H and O–H groups in total. The van der Waals surface area contributed by atoms with Gasteiger partial charge in [0.25, 0.3) is 11.8 Å². The van der Waals surface area contributed by atoms with Crippen LogP contribution in [0.15, 0.2) is 52.9 Å². The maximum absolute atomic E-state index is 13.0. The SMILES string of the molecule is Cc1cc(N2C(=O)CNC2=O)ccc1C=CS(=O)(=O)N1CCC2(CC1)N=C(c1cccc(OC(F)(F)F)c1)NC2=O. The summed E-state index contributed by atoms with van der Waals surface area (Å²) in [5.74, 6) is -1.21. The molecule has 2 saturated heterocycles. The van der Waals surface area contributed by atoms with Gasteiger partial charge in [-0.15, -0.1) is 13.2 Å². The summed E-state index contributed by atoms with van der Waals surface area (Å²) in [4.78, 5) is 42.2. The second-order valence-corrected chi connectivity index (χ2v) is 11.5. The van der Waals surface area contributed by atoms with Gasteiger partial charge in [-0.2, -0.15) is 4.31 Å². The summed E-state index contributed by atoms with van der Waals surface area (Å²) in [6, 6.07) is 9.30. The molecule has 2 aromatic carbocycles. The van der Waals surface area contributed by atoms with E-state index in [1.165, 1.54) is 22.5 Å². The van der Waals surface area contributed by atoms with E-state index < -0.39 is 39.6 Å². The highest BCUT2D eigenvalue weighted by Crippen LogP contribution is 2.33. The Morgan fingerprint density at radius 1 is 1.07 bits per heavy atom. The normalized spacial score (nSPS) is 19.6. The van der Waals surface area contributed by atoms with Gasteiger partial charge in [-0.05, 0) is 61.2 Å². The van der Waals surface area contributed by atoms with Crippen molar-refractivity contribution in [2.75, 3.05) is 24.5 Å². The number of rotatable bonds is 6. The Balaban J connectivity index is 1.26. The summed E-state index contributed by atoms with van der Waals surface area (Å²) in [5, 5.41) is 6.09. The van der Waals surface area contributed by atoms with Gasteiger partial charge in [0.2, 0.25) is 10.0 Å². The van der Waals surface area contributed by atoms with Crippen LogP contribution in [0.5, 0.6) is 5.75 Å². The van der Waals surface area contributed by atoms with Gasteiger partial charge in [0.1, 0.15) is 17.1 Å². The summed E-state index contributed by atoms with van der Waals surface area (Å²) >= 11 is 0. The van der Waals surface area contributed by atoms with E-state index in [9.17, 15) is 36.0 Å². The molecule has 3 aliphatic heterocycles. The van der Waals surface area contributed by atoms with Crippen molar-refractivity contribution >= 4 is 45.5 Å². The number of urea groups is 1. The van der Waals surface area contributed by atoms with E-state index in [1.54, 1.807) is 25.1 Å². The minimum Gasteiger partial charge on any atom is -0.406 e. The van der Waals surface area contributed by atoms with Crippen molar-refractivity contribution in [3.63, 3.8) is 0 Å². The fraction of sp³-hybridized carbons (Fsp3) is 0.308. The number of nitrogens with zero attached hydrogens (tertiary/aromatic N) is 3. The molecule has 0 aromatic heterocycles. The molecule has 0 unspecified atom stereocenters. The van der Waals surface area contributed by atoms with Crippen molar-refractivity contribution in [3.8, 4) is 5.75 Å². The van der Waals surface area contributed by atoms with Crippen LogP contribution in [0, 0.1) is 6.92 Å². The number of benzene rings is 2. The van der Waals surface area contributed by atoms with Gasteiger partial charge in [-0.25, -0.2) is 18.1 Å². The zero-order valence-corrected chi connectivity index (χ0v) is 22.4. The Bertz CT molecular complexity index is 1580. The molecule has 2 aromatic rings. The number of ether oxygens (including phenoxy) is 1. The lowest BCUT2D eigenvalue weighted by Gasteiger charge is -2.34. The molecule has 0 atom stereocenters. The zero-order chi connectivity index (χ0) is 29.6. The fourth-order valence-corrected chi connectivity index (χ4v) is 6.04. The average molecular weight is 592 g/mol. The molecule has 41 heavy (non-hydrogen) atoms. The van der Waals surface area contributed by atoms with Crippen LogP contribution in [0.25, 0.3) is 6.08 Å². The van der Waals surface area contributed by atoms with Gasteiger partial charge >= 0.3 is 12.4 Å². The molecule has 5 rings (SSSR count). The molecule has 4 amide bonds. The molecule has 11 nitrogen and oxygen atoms in total. The summed E-state index contributed by atoms with van der Waals surface area (Å²) in [6.07, 6.45) is -3.30. The number of hydrogen-bond acceptors (Lipinski definition) is 7. The second kappa shape index (κ2) is 10.3. The monoisotopic (exact) mass is 591 g/mol. The largest absolute Gasteiger partial charge is 0.573 e. The Hall–Kier alpha value is -4.24. The molecule has 3 heterocycles. The number of alkyl halides is 3. The van der Waals surface area contributed by atoms with E-state index >= 15 is 0 Å². The van der Waals surface area contributed by atoms with Crippen molar-refractivity contribution in [3.05, 3.63) is 64.6 Å². The Morgan fingerprint density at radius 3 is 2.44 bits per heavy atom. The lowest BCUT2D eigenvalue weighted by Crippen LogP contribution is -2.50. The smallest absolute Gasteiger partial charge is 0.406 e. The number of imide groups is 1. The van der Waals surface area contributed by atoms with Gasteiger partial charge < -0.3 is 15.4 Å². The van der Waals surface area contributed by atoms with Crippen LogP contribution in [-0.4, -0.2) is 67.9 Å². The molecule has 216 valence electrons. The maximum atomic E-state index is 13.0. The lowest BCUT2D eigenvalue weighted by molar-refractivity contribution is -0.274. The van der Waals surface area contributed by atoms with E-state index in [1.807, 2.05) is 0 Å². The Kier molecular flexibility index (Phi) is 7.11. The lowest BCUT2D eigenvalue weighted by atomic mass is 9.89. The Morgan fingerprint density at radius 2 is 1.80 bits per heavy atom. The number of amidine groups is 1. The Labute approximate surface area is 232 Å². The summed E-state index contributed by atoms with van der Waals surface area (Å²) in [7, 11) is -3.87. The van der Waals surface area contributed by atoms with Crippen LogP contribution in [0.2, 0.25) is 0 Å². The van der Waals surface area contributed by atoms with Gasteiger partial charge in [0, 0.05) is 24.1 Å². The number of aryl methyl sites for hydroxylation is 1. The van der Waals surface area contributed by atoms with Gasteiger partial charge in [-0.3, -0.25) is 14.6 Å². The first-order valence-corrected chi connectivity index (χ1v) is 13.9. The highest BCUT2D eigenvalue weighted by atomic mass is 32.2. The van der Waals surface area contributed by atoms with Crippen molar-refractivity contribution in [2.45, 2.75) is 31.7 Å². The third-order valence-corrected chi connectivity index (χ3v) is 8.57. The molecule has 1 spiro atoms. The maximum Gasteiger partial charge on any atom is 0.573 e. The third-order valence-electron chi connectivity index (χ3n) is 7.01. The van der Waals surface area contributed by atoms with Gasteiger partial charge in [-0.1, -0.05) is 18.2 Å². The number of carbonyl (C=O) groups excluding carboxylic acids is 3. The van der Waals surface area contributed by atoms with Crippen molar-refractivity contribution in [2.24, 2.45) is 4.99 Å². The first kappa shape index (κ1) is 28.3. The number of halogens is 3. The fourth-order valence-electron chi connectivity index (χ4n) is 4.86. The minimum absolute atomic E-state index is 0.00178. The van der Waals surface area contributed by atoms with Crippen LogP contribution in [0.1, 0.15) is 29.5 Å². The molecule has 0 aliphatic carbocycles. The molecule has 0 radical (unpaired) electrons. The number of amides is 4. The number of hydrogen-bond donors (Lipinski definition) is 2. The van der Waals surface area contributed by atoms with E-state index in [4.69, 9.17) is 0 Å². The molecule has 15 heteroatoms. The van der Waals surface area contributed by atoms with Crippen LogP contribution in [0.4, 0.5) is 23.7 Å². The van der Waals surface area contributed by atoms with Crippen LogP contribution in [0.3, 0.4) is 0 Å². The summed E-state index contributed by atoms with van der Waals surface area (Å²) in [5.41, 5.74) is 0.578. The highest BCUT2D eigenvalue weighted by molar-refractivity contribution is 7.92. The predicted octanol–water partition coefficient (Wildman–Crippen LogP) is 2.66. The molecular weight excluding hydrogens is 567 g/mol. The van der Waals surface area contributed by atoms with Crippen molar-refractivity contribution < 1.29 is 40.7 Å².